The van der Waals surface area contributed by atoms with Crippen molar-refractivity contribution in [2.24, 2.45) is 0 Å². The van der Waals surface area contributed by atoms with Crippen LogP contribution >= 0.6 is 0 Å². The topological polar surface area (TPSA) is 26.3 Å². The quantitative estimate of drug-likeness (QED) is 0.548. The summed E-state index contributed by atoms with van der Waals surface area (Å²) in [6.07, 6.45) is 0. The van der Waals surface area contributed by atoms with Crippen LogP contribution in [0.1, 0.15) is 12.5 Å². The monoisotopic (exact) mass is 206 g/mol. The molecule has 1 rings (SSSR count). The first-order chi connectivity index (χ1) is 6.74. The minimum atomic E-state index is -0.103. The number of hydrogen-bond acceptors (Lipinski definition) is 2. The second kappa shape index (κ2) is 5.60. The van der Waals surface area contributed by atoms with Crippen LogP contribution in [0.2, 0.25) is 6.04 Å². The molecule has 0 saturated carbocycles. The minimum absolute atomic E-state index is 0.103. The van der Waals surface area contributed by atoms with Crippen LogP contribution in [0.5, 0.6) is 0 Å². The zero-order chi connectivity index (χ0) is 10.4. The summed E-state index contributed by atoms with van der Waals surface area (Å²) in [6, 6.07) is 8.63. The van der Waals surface area contributed by atoms with Gasteiger partial charge < -0.3 is 4.74 Å². The normalized spacial score (nSPS) is 9.86. The molecule has 0 fully saturated rings. The largest absolute Gasteiger partial charge is 0.466 e. The van der Waals surface area contributed by atoms with Crippen molar-refractivity contribution in [2.75, 3.05) is 6.61 Å². The third-order valence-electron chi connectivity index (χ3n) is 1.87. The van der Waals surface area contributed by atoms with Crippen LogP contribution in [0.4, 0.5) is 0 Å². The Labute approximate surface area is 87.1 Å². The molecule has 0 aliphatic rings. The van der Waals surface area contributed by atoms with Crippen LogP contribution in [0, 0.1) is 6.92 Å². The van der Waals surface area contributed by atoms with E-state index in [0.717, 1.165) is 0 Å². The van der Waals surface area contributed by atoms with E-state index in [1.807, 2.05) is 19.1 Å². The van der Waals surface area contributed by atoms with Crippen molar-refractivity contribution in [3.63, 3.8) is 0 Å². The molecule has 0 atom stereocenters. The molecule has 0 saturated heterocycles. The van der Waals surface area contributed by atoms with E-state index in [1.54, 1.807) is 0 Å². The van der Waals surface area contributed by atoms with Crippen LogP contribution in [0.25, 0.3) is 0 Å². The van der Waals surface area contributed by atoms with E-state index in [9.17, 15) is 4.79 Å². The lowest BCUT2D eigenvalue weighted by Crippen LogP contribution is -2.20. The van der Waals surface area contributed by atoms with Gasteiger partial charge in [-0.1, -0.05) is 35.0 Å². The highest BCUT2D eigenvalue weighted by molar-refractivity contribution is 6.57. The van der Waals surface area contributed by atoms with Gasteiger partial charge in [0.25, 0.3) is 0 Å². The van der Waals surface area contributed by atoms with Crippen LogP contribution in [0.3, 0.4) is 0 Å². The third-order valence-corrected chi connectivity index (χ3v) is 3.28. The maximum absolute atomic E-state index is 11.1. The lowest BCUT2D eigenvalue weighted by molar-refractivity contribution is -0.140. The van der Waals surface area contributed by atoms with Crippen LogP contribution in [-0.4, -0.2) is 22.1 Å². The highest BCUT2D eigenvalue weighted by atomic mass is 28.2. The van der Waals surface area contributed by atoms with Gasteiger partial charge in [-0.3, -0.25) is 4.79 Å². The fourth-order valence-electron chi connectivity index (χ4n) is 1.15. The summed E-state index contributed by atoms with van der Waals surface area (Å²) >= 11 is 0. The Morgan fingerprint density at radius 3 is 2.79 bits per heavy atom. The highest BCUT2D eigenvalue weighted by Gasteiger charge is 2.04. The molecule has 3 heteroatoms. The predicted molar refractivity (Wildman–Crippen MR) is 58.0 cm³/mol. The predicted octanol–water partition coefficient (Wildman–Crippen LogP) is 1.31. The molecule has 0 amide bonds. The second-order valence-electron chi connectivity index (χ2n) is 2.97. The fraction of sp³-hybridized carbons (Fsp3) is 0.364. The summed E-state index contributed by atoms with van der Waals surface area (Å²) in [7, 11) is 0.519. The van der Waals surface area contributed by atoms with Gasteiger partial charge in [0.05, 0.1) is 16.1 Å². The molecule has 1 aromatic rings. The zero-order valence-corrected chi connectivity index (χ0v) is 9.54. The number of hydrogen-bond donors (Lipinski definition) is 0. The van der Waals surface area contributed by atoms with E-state index in [4.69, 9.17) is 4.74 Å². The molecule has 0 spiro atoms. The number of ether oxygens (including phenoxy) is 1. The Morgan fingerprint density at radius 1 is 1.43 bits per heavy atom. The highest BCUT2D eigenvalue weighted by Crippen LogP contribution is 1.94. The number of esters is 1. The van der Waals surface area contributed by atoms with Gasteiger partial charge in [-0.05, 0) is 13.8 Å². The van der Waals surface area contributed by atoms with Gasteiger partial charge in [0.15, 0.2) is 0 Å². The van der Waals surface area contributed by atoms with Crippen molar-refractivity contribution >= 4 is 20.7 Å². The van der Waals surface area contributed by atoms with Gasteiger partial charge >= 0.3 is 5.97 Å². The molecule has 14 heavy (non-hydrogen) atoms. The Balaban J connectivity index is 2.46. The summed E-state index contributed by atoms with van der Waals surface area (Å²) in [6.45, 7) is 4.36. The molecule has 0 heterocycles. The van der Waals surface area contributed by atoms with Gasteiger partial charge in [0.1, 0.15) is 0 Å². The van der Waals surface area contributed by atoms with Crippen LogP contribution < -0.4 is 5.19 Å². The summed E-state index contributed by atoms with van der Waals surface area (Å²) in [4.78, 5) is 11.1. The van der Waals surface area contributed by atoms with E-state index < -0.39 is 0 Å². The molecule has 0 unspecified atom stereocenters. The Morgan fingerprint density at radius 2 is 2.14 bits per heavy atom. The smallest absolute Gasteiger partial charge is 0.302 e. The number of aryl methyl sites for hydroxylation is 1. The van der Waals surface area contributed by atoms with E-state index in [2.05, 4.69) is 19.1 Å². The molecule has 2 radical (unpaired) electrons. The van der Waals surface area contributed by atoms with Crippen molar-refractivity contribution in [1.29, 1.82) is 0 Å². The average Bonchev–Trinajstić information content (AvgIpc) is 2.17. The Kier molecular flexibility index (Phi) is 4.39. The lowest BCUT2D eigenvalue weighted by Gasteiger charge is -2.03. The molecule has 1 aromatic carbocycles. The van der Waals surface area contributed by atoms with Gasteiger partial charge in [-0.15, -0.1) is 0 Å². The summed E-state index contributed by atoms with van der Waals surface area (Å²) in [5.41, 5.74) is 1.25. The molecule has 0 aromatic heterocycles. The van der Waals surface area contributed by atoms with E-state index in [1.165, 1.54) is 10.8 Å². The molecule has 0 aliphatic carbocycles. The maximum Gasteiger partial charge on any atom is 0.302 e. The summed E-state index contributed by atoms with van der Waals surface area (Å²) in [5, 5.41) is 1.25. The molecule has 0 N–H and O–H groups in total. The van der Waals surface area contributed by atoms with Gasteiger partial charge in [0.2, 0.25) is 0 Å². The van der Waals surface area contributed by atoms with Crippen molar-refractivity contribution in [1.82, 2.24) is 0 Å². The molecule has 0 bridgehead atoms. The molecule has 0 aliphatic heterocycles. The minimum Gasteiger partial charge on any atom is -0.466 e. The fourth-order valence-corrected chi connectivity index (χ4v) is 2.16. The number of carbonyl (C=O) groups excluding carboxylic acids is 1. The van der Waals surface area contributed by atoms with E-state index in [-0.39, 0.29) is 5.97 Å². The van der Waals surface area contributed by atoms with E-state index >= 15 is 0 Å². The van der Waals surface area contributed by atoms with Crippen molar-refractivity contribution in [3.05, 3.63) is 29.8 Å². The van der Waals surface area contributed by atoms with Gasteiger partial charge in [-0.2, -0.15) is 0 Å². The first-order valence-electron chi connectivity index (χ1n) is 4.69. The zero-order valence-electron chi connectivity index (χ0n) is 8.54. The SMILES string of the molecule is CCOC(=O)C[Si]c1ccccc1C. The summed E-state index contributed by atoms with van der Waals surface area (Å²) in [5.74, 6) is -0.103. The third kappa shape index (κ3) is 3.34. The van der Waals surface area contributed by atoms with Crippen molar-refractivity contribution < 1.29 is 9.53 Å². The van der Waals surface area contributed by atoms with Gasteiger partial charge in [-0.25, -0.2) is 0 Å². The maximum atomic E-state index is 11.1. The average molecular weight is 206 g/mol. The summed E-state index contributed by atoms with van der Waals surface area (Å²) < 4.78 is 4.87. The van der Waals surface area contributed by atoms with Crippen molar-refractivity contribution in [3.8, 4) is 0 Å². The first-order valence-corrected chi connectivity index (χ1v) is 5.90. The number of benzene rings is 1. The first kappa shape index (κ1) is 11.0. The van der Waals surface area contributed by atoms with Gasteiger partial charge in [0, 0.05) is 6.04 Å². The molecular formula is C11H14O2Si. The van der Waals surface area contributed by atoms with Crippen molar-refractivity contribution in [2.45, 2.75) is 19.9 Å². The lowest BCUT2D eigenvalue weighted by atomic mass is 10.2. The van der Waals surface area contributed by atoms with E-state index in [0.29, 0.717) is 22.2 Å². The molecule has 74 valence electrons. The number of rotatable bonds is 4. The Bertz CT molecular complexity index is 310. The molecular weight excluding hydrogens is 192 g/mol. The van der Waals surface area contributed by atoms with Crippen LogP contribution in [0.15, 0.2) is 24.3 Å². The van der Waals surface area contributed by atoms with Crippen LogP contribution in [-0.2, 0) is 9.53 Å². The molecule has 2 nitrogen and oxygen atoms in total. The second-order valence-corrected chi connectivity index (χ2v) is 4.22. The standard InChI is InChI=1S/C11H14O2Si/c1-3-13-11(12)8-14-10-7-5-4-6-9(10)2/h4-7H,3,8H2,1-2H3. The number of carbonyl (C=O) groups is 1. The Hall–Kier alpha value is -1.09.